The Balaban J connectivity index is 0.00000262. The molecule has 2 radical (unpaired) electrons. The van der Waals surface area contributed by atoms with Crippen LogP contribution in [0.15, 0.2) is 84.9 Å². The van der Waals surface area contributed by atoms with Gasteiger partial charge in [-0.3, -0.25) is 9.59 Å². The highest BCUT2D eigenvalue weighted by Crippen LogP contribution is 2.43. The Bertz CT molecular complexity index is 1580. The normalized spacial score (nSPS) is 12.3. The van der Waals surface area contributed by atoms with Crippen LogP contribution in [0.4, 0.5) is 10.1 Å². The van der Waals surface area contributed by atoms with E-state index in [4.69, 9.17) is 12.6 Å². The molecular formula is C40H52BFN2O4. The van der Waals surface area contributed by atoms with Crippen molar-refractivity contribution in [2.45, 2.75) is 105 Å². The molecule has 0 saturated carbocycles. The molecule has 0 saturated heterocycles. The summed E-state index contributed by atoms with van der Waals surface area (Å²) in [7, 11) is 6.52. The number of benzene rings is 3. The first-order valence-corrected chi connectivity index (χ1v) is 16.4. The molecule has 4 aromatic rings. The van der Waals surface area contributed by atoms with Gasteiger partial charge in [0.15, 0.2) is 0 Å². The van der Waals surface area contributed by atoms with Crippen LogP contribution in [-0.2, 0) is 16.1 Å². The maximum absolute atomic E-state index is 14.2. The lowest BCUT2D eigenvalue weighted by Crippen LogP contribution is -2.27. The molecule has 0 aliphatic heterocycles. The summed E-state index contributed by atoms with van der Waals surface area (Å²) in [5.41, 5.74) is 4.54. The van der Waals surface area contributed by atoms with Crippen LogP contribution in [0.25, 0.3) is 22.4 Å². The second-order valence-corrected chi connectivity index (χ2v) is 12.7. The Morgan fingerprint density at radius 1 is 0.917 bits per heavy atom. The SMILES string of the molecule is C.CC.[B][C@H](CCn1c(-c2ccc(F)cc2)c(-c2ccccc2)c(C(=O)Nc2ccccc2)c1C(C)C)C[C@@H](O)CC(=O)OC(C)(C)C. The molecule has 0 bridgehead atoms. The summed E-state index contributed by atoms with van der Waals surface area (Å²) < 4.78 is 21.6. The van der Waals surface area contributed by atoms with E-state index in [-0.39, 0.29) is 37.9 Å². The van der Waals surface area contributed by atoms with Gasteiger partial charge in [-0.2, -0.15) is 0 Å². The Morgan fingerprint density at radius 3 is 2.02 bits per heavy atom. The standard InChI is InChI=1S/C37H42BFN2O4.C2H6.CH4/c1-24(2)34-33(36(44)40-29-14-10-7-11-15-29)32(25-12-8-6-9-13-25)35(26-16-18-28(39)19-17-26)41(34)21-20-27(38)22-30(42)23-31(43)45-37(3,4)5;1-2;/h6-19,24,27,30,42H,20-23H2,1-5H3,(H,40,44);1-2H3;1H4/t27-,30-;;/m1../s1. The Kier molecular flexibility index (Phi) is 15.3. The number of para-hydroxylation sites is 1. The van der Waals surface area contributed by atoms with Gasteiger partial charge in [0.05, 0.1) is 31.6 Å². The number of hydrogen-bond acceptors (Lipinski definition) is 4. The molecule has 48 heavy (non-hydrogen) atoms. The number of halogens is 1. The second-order valence-electron chi connectivity index (χ2n) is 12.7. The Hall–Kier alpha value is -4.17. The van der Waals surface area contributed by atoms with Gasteiger partial charge in [0, 0.05) is 23.5 Å². The number of anilines is 1. The van der Waals surface area contributed by atoms with E-state index in [0.717, 1.165) is 28.1 Å². The summed E-state index contributed by atoms with van der Waals surface area (Å²) in [5, 5.41) is 13.7. The molecule has 6 nitrogen and oxygen atoms in total. The zero-order chi connectivity index (χ0) is 34.7. The number of aromatic nitrogens is 1. The van der Waals surface area contributed by atoms with Crippen molar-refractivity contribution >= 4 is 25.4 Å². The molecule has 4 rings (SSSR count). The molecule has 1 amide bonds. The van der Waals surface area contributed by atoms with Crippen molar-refractivity contribution in [2.75, 3.05) is 5.32 Å². The third-order valence-corrected chi connectivity index (χ3v) is 7.41. The fourth-order valence-electron chi connectivity index (χ4n) is 5.63. The number of carbonyl (C=O) groups excluding carboxylic acids is 2. The highest BCUT2D eigenvalue weighted by Gasteiger charge is 2.31. The summed E-state index contributed by atoms with van der Waals surface area (Å²) in [6, 6.07) is 25.3. The third kappa shape index (κ3) is 10.9. The summed E-state index contributed by atoms with van der Waals surface area (Å²) in [4.78, 5) is 26.4. The number of esters is 1. The summed E-state index contributed by atoms with van der Waals surface area (Å²) in [6.45, 7) is 13.9. The van der Waals surface area contributed by atoms with Crippen molar-refractivity contribution in [3.05, 3.63) is 102 Å². The van der Waals surface area contributed by atoms with Gasteiger partial charge in [0.25, 0.3) is 5.91 Å². The minimum atomic E-state index is -0.951. The monoisotopic (exact) mass is 654 g/mol. The molecule has 2 atom stereocenters. The number of aliphatic hydroxyl groups excluding tert-OH is 1. The number of nitrogens with one attached hydrogen (secondary N) is 1. The van der Waals surface area contributed by atoms with E-state index in [9.17, 15) is 19.1 Å². The van der Waals surface area contributed by atoms with E-state index in [0.29, 0.717) is 24.2 Å². The lowest BCUT2D eigenvalue weighted by atomic mass is 9.79. The van der Waals surface area contributed by atoms with Crippen LogP contribution in [0.2, 0.25) is 5.82 Å². The van der Waals surface area contributed by atoms with Crippen LogP contribution in [0.5, 0.6) is 0 Å². The molecule has 0 fully saturated rings. The maximum atomic E-state index is 14.2. The molecule has 0 spiro atoms. The van der Waals surface area contributed by atoms with E-state index in [1.807, 2.05) is 88.4 Å². The Labute approximate surface area is 288 Å². The summed E-state index contributed by atoms with van der Waals surface area (Å²) in [5.74, 6) is -1.58. The highest BCUT2D eigenvalue weighted by atomic mass is 19.1. The van der Waals surface area contributed by atoms with Crippen LogP contribution < -0.4 is 5.32 Å². The Morgan fingerprint density at radius 2 is 1.48 bits per heavy atom. The van der Waals surface area contributed by atoms with Crippen LogP contribution in [0, 0.1) is 5.82 Å². The van der Waals surface area contributed by atoms with Gasteiger partial charge >= 0.3 is 5.97 Å². The summed E-state index contributed by atoms with van der Waals surface area (Å²) >= 11 is 0. The van der Waals surface area contributed by atoms with Crippen molar-refractivity contribution in [2.24, 2.45) is 0 Å². The van der Waals surface area contributed by atoms with Gasteiger partial charge in [-0.15, -0.1) is 0 Å². The smallest absolute Gasteiger partial charge is 0.308 e. The van der Waals surface area contributed by atoms with E-state index in [1.54, 1.807) is 32.9 Å². The number of rotatable bonds is 12. The topological polar surface area (TPSA) is 80.6 Å². The average molecular weight is 655 g/mol. The number of amides is 1. The number of aliphatic hydroxyl groups is 1. The molecule has 2 N–H and O–H groups in total. The molecule has 1 heterocycles. The van der Waals surface area contributed by atoms with E-state index < -0.39 is 23.5 Å². The molecule has 0 aliphatic rings. The average Bonchev–Trinajstić information content (AvgIpc) is 3.37. The van der Waals surface area contributed by atoms with Gasteiger partial charge in [0.1, 0.15) is 11.4 Å². The highest BCUT2D eigenvalue weighted by molar-refractivity contribution is 6.13. The van der Waals surface area contributed by atoms with Gasteiger partial charge in [-0.05, 0) is 87.1 Å². The molecule has 0 unspecified atom stereocenters. The summed E-state index contributed by atoms with van der Waals surface area (Å²) in [6.07, 6.45) is -0.431. The zero-order valence-electron chi connectivity index (χ0n) is 28.7. The third-order valence-electron chi connectivity index (χ3n) is 7.41. The molecule has 256 valence electrons. The van der Waals surface area contributed by atoms with E-state index >= 15 is 0 Å². The molecule has 8 heteroatoms. The fourth-order valence-corrected chi connectivity index (χ4v) is 5.63. The van der Waals surface area contributed by atoms with Crippen LogP contribution >= 0.6 is 0 Å². The minimum absolute atomic E-state index is 0. The minimum Gasteiger partial charge on any atom is -0.460 e. The van der Waals surface area contributed by atoms with Crippen molar-refractivity contribution in [3.8, 4) is 22.4 Å². The van der Waals surface area contributed by atoms with Gasteiger partial charge in [0.2, 0.25) is 0 Å². The maximum Gasteiger partial charge on any atom is 0.308 e. The predicted molar refractivity (Wildman–Crippen MR) is 197 cm³/mol. The number of ether oxygens (including phenoxy) is 1. The van der Waals surface area contributed by atoms with Crippen molar-refractivity contribution in [1.29, 1.82) is 0 Å². The number of hydrogen-bond donors (Lipinski definition) is 2. The van der Waals surface area contributed by atoms with Gasteiger partial charge in [-0.1, -0.05) is 89.5 Å². The van der Waals surface area contributed by atoms with Gasteiger partial charge in [-0.25, -0.2) is 4.39 Å². The van der Waals surface area contributed by atoms with Crippen molar-refractivity contribution in [1.82, 2.24) is 4.57 Å². The fraction of sp³-hybridized carbons (Fsp3) is 0.400. The molecule has 3 aromatic carbocycles. The van der Waals surface area contributed by atoms with Crippen molar-refractivity contribution < 1.29 is 23.8 Å². The van der Waals surface area contributed by atoms with E-state index in [1.165, 1.54) is 12.1 Å². The first-order chi connectivity index (χ1) is 22.3. The molecular weight excluding hydrogens is 602 g/mol. The van der Waals surface area contributed by atoms with E-state index in [2.05, 4.69) is 9.88 Å². The second kappa shape index (κ2) is 18.4. The molecule has 0 aliphatic carbocycles. The van der Waals surface area contributed by atoms with Crippen molar-refractivity contribution in [3.63, 3.8) is 0 Å². The lowest BCUT2D eigenvalue weighted by Gasteiger charge is -2.23. The van der Waals surface area contributed by atoms with Crippen LogP contribution in [-0.4, -0.2) is 41.1 Å². The lowest BCUT2D eigenvalue weighted by molar-refractivity contribution is -0.157. The predicted octanol–water partition coefficient (Wildman–Crippen LogP) is 9.83. The van der Waals surface area contributed by atoms with Crippen LogP contribution in [0.3, 0.4) is 0 Å². The quantitative estimate of drug-likeness (QED) is 0.118. The largest absolute Gasteiger partial charge is 0.460 e. The number of nitrogens with zero attached hydrogens (tertiary/aromatic N) is 1. The first kappa shape index (κ1) is 40.0. The molecule has 1 aromatic heterocycles. The zero-order valence-corrected chi connectivity index (χ0v) is 28.7. The van der Waals surface area contributed by atoms with Gasteiger partial charge < -0.3 is 19.7 Å². The first-order valence-electron chi connectivity index (χ1n) is 16.4. The number of carbonyl (C=O) groups is 2. The van der Waals surface area contributed by atoms with Crippen LogP contribution in [0.1, 0.15) is 97.1 Å².